The first-order valence-corrected chi connectivity index (χ1v) is 15.5. The van der Waals surface area contributed by atoms with Gasteiger partial charge in [0.2, 0.25) is 5.91 Å². The van der Waals surface area contributed by atoms with Crippen molar-refractivity contribution < 1.29 is 28.7 Å². The van der Waals surface area contributed by atoms with Gasteiger partial charge >= 0.3 is 6.09 Å². The Morgan fingerprint density at radius 1 is 1.04 bits per heavy atom. The molecule has 3 N–H and O–H groups in total. The van der Waals surface area contributed by atoms with Crippen LogP contribution in [0.4, 0.5) is 37.9 Å². The minimum absolute atomic E-state index is 0.0874. The Hall–Kier alpha value is -5.69. The normalized spacial score (nSPS) is 17.8. The Balaban J connectivity index is 1.13. The average molecular weight is 652 g/mol. The number of methoxy groups -OCH3 is 1. The molecule has 0 aliphatic carbocycles. The van der Waals surface area contributed by atoms with Gasteiger partial charge in [0.1, 0.15) is 23.7 Å². The van der Waals surface area contributed by atoms with E-state index in [4.69, 9.17) is 9.57 Å². The summed E-state index contributed by atoms with van der Waals surface area (Å²) in [5.41, 5.74) is 4.47. The van der Waals surface area contributed by atoms with Gasteiger partial charge in [0.05, 0.1) is 36.8 Å². The third-order valence-corrected chi connectivity index (χ3v) is 8.95. The molecule has 1 spiro atoms. The lowest BCUT2D eigenvalue weighted by molar-refractivity contribution is -0.111. The first-order valence-electron chi connectivity index (χ1n) is 15.5. The van der Waals surface area contributed by atoms with Crippen molar-refractivity contribution in [2.75, 3.05) is 60.5 Å². The van der Waals surface area contributed by atoms with E-state index in [1.54, 1.807) is 30.4 Å². The molecule has 0 saturated carbocycles. The van der Waals surface area contributed by atoms with Crippen LogP contribution in [-0.4, -0.2) is 71.9 Å². The Labute approximate surface area is 276 Å². The first kappa shape index (κ1) is 30.9. The molecule has 13 heteroatoms. The number of carboxylic acid groups (broad SMARTS) is 1. The van der Waals surface area contributed by atoms with Gasteiger partial charge in [-0.2, -0.15) is 0 Å². The fourth-order valence-electron chi connectivity index (χ4n) is 6.68. The van der Waals surface area contributed by atoms with E-state index in [0.29, 0.717) is 61.5 Å². The van der Waals surface area contributed by atoms with E-state index in [9.17, 15) is 19.1 Å². The minimum Gasteiger partial charge on any atom is -0.494 e. The van der Waals surface area contributed by atoms with Gasteiger partial charge in [-0.3, -0.25) is 9.63 Å². The average Bonchev–Trinajstić information content (AvgIpc) is 3.54. The summed E-state index contributed by atoms with van der Waals surface area (Å²) in [5.74, 6) is 0.881. The van der Waals surface area contributed by atoms with Crippen LogP contribution in [0.25, 0.3) is 11.1 Å². The van der Waals surface area contributed by atoms with Crippen LogP contribution in [0.3, 0.4) is 0 Å². The molecule has 4 heterocycles. The highest BCUT2D eigenvalue weighted by atomic mass is 19.1. The van der Waals surface area contributed by atoms with E-state index in [1.165, 1.54) is 29.4 Å². The molecule has 4 aromatic rings. The van der Waals surface area contributed by atoms with Gasteiger partial charge in [-0.25, -0.2) is 24.2 Å². The second-order valence-electron chi connectivity index (χ2n) is 12.2. The first-order chi connectivity index (χ1) is 23.2. The number of anilines is 5. The number of halogens is 1. The standard InChI is InChI=1S/C35H34FN7O5/c1-3-33(44)40-26-14-27(30(47-2)15-29(26)41-17-35(18-41)19-42(20-35)34(45)46)39-31-16-32(38-21-37-31)43-28(10-11-48-43)24-8-4-6-22(12-24)23-7-5-9-25(36)13-23/h3-9,12-16,21,28H,1,10-11,17-20H2,2H3,(H,40,44)(H,45,46)(H,37,38,39). The van der Waals surface area contributed by atoms with Crippen molar-refractivity contribution in [2.24, 2.45) is 5.41 Å². The van der Waals surface area contributed by atoms with Crippen molar-refractivity contribution in [3.8, 4) is 16.9 Å². The van der Waals surface area contributed by atoms with E-state index in [2.05, 4.69) is 32.1 Å². The molecular weight excluding hydrogens is 617 g/mol. The number of likely N-dealkylation sites (tertiary alicyclic amines) is 1. The van der Waals surface area contributed by atoms with Gasteiger partial charge in [-0.05, 0) is 47.0 Å². The highest BCUT2D eigenvalue weighted by molar-refractivity contribution is 6.02. The fraction of sp³-hybridized carbons (Fsp3) is 0.257. The maximum Gasteiger partial charge on any atom is 0.407 e. The second kappa shape index (κ2) is 12.5. The number of hydrogen-bond acceptors (Lipinski definition) is 9. The number of nitrogens with one attached hydrogen (secondary N) is 2. The van der Waals surface area contributed by atoms with Crippen LogP contribution in [0.2, 0.25) is 0 Å². The molecule has 1 unspecified atom stereocenters. The SMILES string of the molecule is C=CC(=O)Nc1cc(Nc2cc(N3OCCC3c3cccc(-c4cccc(F)c4)c3)ncn2)c(OC)cc1N1CC2(CN(C(=O)O)C2)C1. The summed E-state index contributed by atoms with van der Waals surface area (Å²) < 4.78 is 19.7. The van der Waals surface area contributed by atoms with Gasteiger partial charge in [-0.1, -0.05) is 36.9 Å². The van der Waals surface area contributed by atoms with Gasteiger partial charge in [0.25, 0.3) is 0 Å². The summed E-state index contributed by atoms with van der Waals surface area (Å²) in [6, 6.07) is 19.8. The number of ether oxygens (including phenoxy) is 1. The second-order valence-corrected chi connectivity index (χ2v) is 12.2. The summed E-state index contributed by atoms with van der Waals surface area (Å²) in [7, 11) is 1.56. The molecule has 3 aliphatic heterocycles. The van der Waals surface area contributed by atoms with E-state index >= 15 is 0 Å². The molecule has 7 rings (SSSR count). The number of carbonyl (C=O) groups is 2. The molecule has 3 aromatic carbocycles. The van der Waals surface area contributed by atoms with Crippen molar-refractivity contribution in [3.63, 3.8) is 0 Å². The zero-order chi connectivity index (χ0) is 33.4. The van der Waals surface area contributed by atoms with Gasteiger partial charge < -0.3 is 30.3 Å². The molecule has 0 radical (unpaired) electrons. The van der Waals surface area contributed by atoms with Crippen molar-refractivity contribution in [2.45, 2.75) is 12.5 Å². The maximum absolute atomic E-state index is 13.9. The summed E-state index contributed by atoms with van der Waals surface area (Å²) in [6.45, 7) is 6.36. The highest BCUT2D eigenvalue weighted by Gasteiger charge is 2.53. The lowest BCUT2D eigenvalue weighted by Crippen LogP contribution is -2.73. The van der Waals surface area contributed by atoms with E-state index in [-0.39, 0.29) is 23.2 Å². The number of amides is 2. The van der Waals surface area contributed by atoms with Crippen LogP contribution >= 0.6 is 0 Å². The number of hydroxylamine groups is 1. The molecule has 1 aromatic heterocycles. The predicted octanol–water partition coefficient (Wildman–Crippen LogP) is 5.84. The van der Waals surface area contributed by atoms with Crippen molar-refractivity contribution in [1.29, 1.82) is 0 Å². The largest absolute Gasteiger partial charge is 0.494 e. The molecule has 12 nitrogen and oxygen atoms in total. The number of carbonyl (C=O) groups excluding carboxylic acids is 1. The molecule has 2 amide bonds. The third kappa shape index (κ3) is 5.95. The van der Waals surface area contributed by atoms with Crippen LogP contribution < -0.4 is 25.3 Å². The molecule has 246 valence electrons. The molecule has 3 saturated heterocycles. The lowest BCUT2D eigenvalue weighted by Gasteiger charge is -2.60. The summed E-state index contributed by atoms with van der Waals surface area (Å²) in [6.07, 6.45) is 2.46. The zero-order valence-electron chi connectivity index (χ0n) is 26.2. The Morgan fingerprint density at radius 3 is 2.54 bits per heavy atom. The number of hydrogen-bond donors (Lipinski definition) is 3. The van der Waals surface area contributed by atoms with Crippen LogP contribution in [0.15, 0.2) is 85.7 Å². The fourth-order valence-corrected chi connectivity index (χ4v) is 6.68. The van der Waals surface area contributed by atoms with E-state index in [0.717, 1.165) is 28.8 Å². The lowest BCUT2D eigenvalue weighted by atomic mass is 9.72. The van der Waals surface area contributed by atoms with Crippen LogP contribution in [0.5, 0.6) is 5.75 Å². The van der Waals surface area contributed by atoms with Crippen LogP contribution in [0.1, 0.15) is 18.0 Å². The quantitative estimate of drug-likeness (QED) is 0.190. The smallest absolute Gasteiger partial charge is 0.407 e. The Kier molecular flexibility index (Phi) is 8.05. The zero-order valence-corrected chi connectivity index (χ0v) is 26.2. The topological polar surface area (TPSA) is 132 Å². The molecule has 48 heavy (non-hydrogen) atoms. The monoisotopic (exact) mass is 651 g/mol. The molecule has 0 bridgehead atoms. The maximum atomic E-state index is 13.9. The summed E-state index contributed by atoms with van der Waals surface area (Å²) in [5, 5.41) is 17.2. The number of aromatic nitrogens is 2. The Morgan fingerprint density at radius 2 is 1.81 bits per heavy atom. The van der Waals surface area contributed by atoms with Crippen molar-refractivity contribution >= 4 is 40.7 Å². The van der Waals surface area contributed by atoms with Gasteiger partial charge in [0, 0.05) is 50.1 Å². The van der Waals surface area contributed by atoms with Gasteiger partial charge in [-0.15, -0.1) is 0 Å². The highest BCUT2D eigenvalue weighted by Crippen LogP contribution is 2.47. The third-order valence-electron chi connectivity index (χ3n) is 8.95. The summed E-state index contributed by atoms with van der Waals surface area (Å²) in [4.78, 5) is 42.2. The number of nitrogens with zero attached hydrogens (tertiary/aromatic N) is 5. The molecule has 3 aliphatic rings. The number of benzene rings is 3. The predicted molar refractivity (Wildman–Crippen MR) is 179 cm³/mol. The van der Waals surface area contributed by atoms with Crippen LogP contribution in [0, 0.1) is 11.2 Å². The minimum atomic E-state index is -0.912. The molecular formula is C35H34FN7O5. The summed E-state index contributed by atoms with van der Waals surface area (Å²) >= 11 is 0. The van der Waals surface area contributed by atoms with Crippen molar-refractivity contribution in [1.82, 2.24) is 14.9 Å². The van der Waals surface area contributed by atoms with E-state index < -0.39 is 6.09 Å². The van der Waals surface area contributed by atoms with Crippen LogP contribution in [-0.2, 0) is 9.63 Å². The van der Waals surface area contributed by atoms with Crippen molar-refractivity contribution in [3.05, 3.63) is 97.1 Å². The van der Waals surface area contributed by atoms with E-state index in [1.807, 2.05) is 36.4 Å². The molecule has 1 atom stereocenters. The number of rotatable bonds is 9. The Bertz CT molecular complexity index is 1890. The molecule has 3 fully saturated rings. The van der Waals surface area contributed by atoms with Gasteiger partial charge in [0.15, 0.2) is 5.82 Å².